The zero-order valence-corrected chi connectivity index (χ0v) is 17.2. The van der Waals surface area contributed by atoms with Crippen LogP contribution < -0.4 is 0 Å². The van der Waals surface area contributed by atoms with Crippen LogP contribution in [-0.2, 0) is 23.8 Å². The van der Waals surface area contributed by atoms with E-state index in [0.29, 0.717) is 23.8 Å². The molecular weight excluding hydrogens is 344 g/mol. The Labute approximate surface area is 162 Å². The van der Waals surface area contributed by atoms with Gasteiger partial charge in [-0.3, -0.25) is 0 Å². The van der Waals surface area contributed by atoms with Gasteiger partial charge in [-0.05, 0) is 61.9 Å². The van der Waals surface area contributed by atoms with Gasteiger partial charge in [0.25, 0.3) is 0 Å². The summed E-state index contributed by atoms with van der Waals surface area (Å²) in [5, 5.41) is 0. The maximum atomic E-state index is 12.4. The minimum Gasteiger partial charge on any atom is -0.466 e. The van der Waals surface area contributed by atoms with Crippen molar-refractivity contribution < 1.29 is 23.8 Å². The van der Waals surface area contributed by atoms with Crippen LogP contribution in [0, 0.1) is 22.7 Å². The molecule has 0 N–H and O–H groups in total. The molecule has 0 unspecified atom stereocenters. The summed E-state index contributed by atoms with van der Waals surface area (Å²) in [6.45, 7) is 6.89. The Bertz CT molecular complexity index is 678. The first-order chi connectivity index (χ1) is 12.8. The number of fused-ring (bicyclic) bond motifs is 1. The molecule has 0 aromatic carbocycles. The average Bonchev–Trinajstić information content (AvgIpc) is 3.02. The third kappa shape index (κ3) is 3.35. The zero-order valence-electron chi connectivity index (χ0n) is 17.2. The molecule has 2 aliphatic carbocycles. The molecule has 1 fully saturated rings. The molecule has 5 nitrogen and oxygen atoms in total. The fraction of sp³-hybridized carbons (Fsp3) is 0.727. The van der Waals surface area contributed by atoms with Gasteiger partial charge in [-0.2, -0.15) is 0 Å². The molecule has 27 heavy (non-hydrogen) atoms. The number of ether oxygens (including phenoxy) is 3. The molecule has 3 aliphatic rings. The molecule has 0 saturated heterocycles. The lowest BCUT2D eigenvalue weighted by molar-refractivity contribution is -0.155. The molecule has 1 saturated carbocycles. The van der Waals surface area contributed by atoms with E-state index in [9.17, 15) is 9.59 Å². The van der Waals surface area contributed by atoms with Crippen molar-refractivity contribution in [1.29, 1.82) is 0 Å². The standard InChI is InChI=1S/C22H32O5/c1-14-9-11-22(3)16(20(24)26-5)7-6-8-17(22)21(14,2)12-10-15-13-18(25-4)27-19(15)23/h7,13-14,17-18H,6,8-12H2,1-5H3/t14-,17-,18+,21+,22+/m1/s1. The van der Waals surface area contributed by atoms with Gasteiger partial charge >= 0.3 is 11.9 Å². The van der Waals surface area contributed by atoms with Crippen LogP contribution in [-0.4, -0.2) is 32.4 Å². The summed E-state index contributed by atoms with van der Waals surface area (Å²) in [6, 6.07) is 0. The van der Waals surface area contributed by atoms with E-state index in [-0.39, 0.29) is 22.8 Å². The Morgan fingerprint density at radius 2 is 2.04 bits per heavy atom. The van der Waals surface area contributed by atoms with Crippen LogP contribution in [0.4, 0.5) is 0 Å². The lowest BCUT2D eigenvalue weighted by atomic mass is 9.46. The molecule has 1 aliphatic heterocycles. The van der Waals surface area contributed by atoms with Gasteiger partial charge in [0.2, 0.25) is 6.29 Å². The van der Waals surface area contributed by atoms with Gasteiger partial charge in [0.05, 0.1) is 7.11 Å². The van der Waals surface area contributed by atoms with E-state index < -0.39 is 6.29 Å². The van der Waals surface area contributed by atoms with Crippen molar-refractivity contribution in [3.05, 3.63) is 23.3 Å². The number of cyclic esters (lactones) is 1. The second-order valence-electron chi connectivity index (χ2n) is 8.80. The zero-order chi connectivity index (χ0) is 19.8. The Balaban J connectivity index is 1.84. The first-order valence-electron chi connectivity index (χ1n) is 9.99. The molecule has 0 radical (unpaired) electrons. The molecule has 3 rings (SSSR count). The fourth-order valence-electron chi connectivity index (χ4n) is 5.69. The highest BCUT2D eigenvalue weighted by molar-refractivity contribution is 5.91. The van der Waals surface area contributed by atoms with Crippen LogP contribution in [0.15, 0.2) is 23.3 Å². The maximum absolute atomic E-state index is 12.4. The number of hydrogen-bond acceptors (Lipinski definition) is 5. The molecule has 0 aromatic rings. The molecule has 0 spiro atoms. The van der Waals surface area contributed by atoms with Crippen LogP contribution in [0.5, 0.6) is 0 Å². The van der Waals surface area contributed by atoms with E-state index in [0.717, 1.165) is 37.7 Å². The van der Waals surface area contributed by atoms with Crippen molar-refractivity contribution in [3.8, 4) is 0 Å². The fourth-order valence-corrected chi connectivity index (χ4v) is 5.69. The van der Waals surface area contributed by atoms with Crippen LogP contribution in [0.2, 0.25) is 0 Å². The van der Waals surface area contributed by atoms with Crippen molar-refractivity contribution in [2.45, 2.75) is 65.6 Å². The molecule has 150 valence electrons. The smallest absolute Gasteiger partial charge is 0.336 e. The number of rotatable bonds is 5. The summed E-state index contributed by atoms with van der Waals surface area (Å²) in [7, 11) is 3.00. The second kappa shape index (κ2) is 7.42. The van der Waals surface area contributed by atoms with Crippen LogP contribution in [0.25, 0.3) is 0 Å². The minimum absolute atomic E-state index is 0.0484. The van der Waals surface area contributed by atoms with E-state index in [2.05, 4.69) is 26.8 Å². The Morgan fingerprint density at radius 3 is 2.67 bits per heavy atom. The van der Waals surface area contributed by atoms with E-state index in [4.69, 9.17) is 14.2 Å². The van der Waals surface area contributed by atoms with Gasteiger partial charge in [-0.1, -0.05) is 26.8 Å². The van der Waals surface area contributed by atoms with Gasteiger partial charge in [-0.15, -0.1) is 0 Å². The number of carbonyl (C=O) groups excluding carboxylic acids is 2. The van der Waals surface area contributed by atoms with Crippen LogP contribution in [0.3, 0.4) is 0 Å². The normalized spacial score (nSPS) is 38.6. The van der Waals surface area contributed by atoms with Crippen molar-refractivity contribution in [1.82, 2.24) is 0 Å². The van der Waals surface area contributed by atoms with Crippen molar-refractivity contribution in [2.75, 3.05) is 14.2 Å². The highest BCUT2D eigenvalue weighted by atomic mass is 16.7. The topological polar surface area (TPSA) is 61.8 Å². The summed E-state index contributed by atoms with van der Waals surface area (Å²) in [6.07, 6.45) is 8.96. The SMILES string of the molecule is COC(=O)C1=CCC[C@@H]2[C@@](C)(CCC3=C[C@@H](OC)OC3=O)[C@H](C)CC[C@@]12C. The number of carbonyl (C=O) groups is 2. The third-order valence-electron chi connectivity index (χ3n) is 7.60. The summed E-state index contributed by atoms with van der Waals surface area (Å²) in [4.78, 5) is 24.5. The number of esters is 2. The molecule has 0 bridgehead atoms. The van der Waals surface area contributed by atoms with Gasteiger partial charge in [0.1, 0.15) is 0 Å². The lowest BCUT2D eigenvalue weighted by Crippen LogP contribution is -2.51. The highest BCUT2D eigenvalue weighted by Gasteiger charge is 2.55. The predicted molar refractivity (Wildman–Crippen MR) is 102 cm³/mol. The summed E-state index contributed by atoms with van der Waals surface area (Å²) < 4.78 is 15.4. The van der Waals surface area contributed by atoms with E-state index in [1.807, 2.05) is 0 Å². The summed E-state index contributed by atoms with van der Waals surface area (Å²) in [5.41, 5.74) is 1.44. The first kappa shape index (κ1) is 20.1. The van der Waals surface area contributed by atoms with Gasteiger partial charge in [-0.25, -0.2) is 9.59 Å². The molecular formula is C22H32O5. The Hall–Kier alpha value is -1.62. The summed E-state index contributed by atoms with van der Waals surface area (Å²) in [5.74, 6) is 0.465. The maximum Gasteiger partial charge on any atom is 0.336 e. The monoisotopic (exact) mass is 376 g/mol. The van der Waals surface area contributed by atoms with E-state index >= 15 is 0 Å². The van der Waals surface area contributed by atoms with Crippen LogP contribution >= 0.6 is 0 Å². The van der Waals surface area contributed by atoms with Crippen molar-refractivity contribution in [2.24, 2.45) is 22.7 Å². The second-order valence-corrected chi connectivity index (χ2v) is 8.80. The minimum atomic E-state index is -0.558. The lowest BCUT2D eigenvalue weighted by Gasteiger charge is -2.57. The molecule has 5 atom stereocenters. The molecule has 0 amide bonds. The van der Waals surface area contributed by atoms with Crippen LogP contribution in [0.1, 0.15) is 59.3 Å². The Kier molecular flexibility index (Phi) is 5.53. The number of methoxy groups -OCH3 is 2. The Morgan fingerprint density at radius 1 is 1.30 bits per heavy atom. The van der Waals surface area contributed by atoms with Crippen molar-refractivity contribution >= 4 is 11.9 Å². The number of hydrogen-bond donors (Lipinski definition) is 0. The summed E-state index contributed by atoms with van der Waals surface area (Å²) >= 11 is 0. The van der Waals surface area contributed by atoms with Crippen molar-refractivity contribution in [3.63, 3.8) is 0 Å². The first-order valence-corrected chi connectivity index (χ1v) is 9.99. The van der Waals surface area contributed by atoms with E-state index in [1.54, 1.807) is 6.08 Å². The molecule has 1 heterocycles. The highest BCUT2D eigenvalue weighted by Crippen LogP contribution is 2.62. The van der Waals surface area contributed by atoms with Gasteiger partial charge in [0.15, 0.2) is 0 Å². The predicted octanol–water partition coefficient (Wildman–Crippen LogP) is 4.17. The molecule has 5 heteroatoms. The third-order valence-corrected chi connectivity index (χ3v) is 7.60. The average molecular weight is 376 g/mol. The van der Waals surface area contributed by atoms with E-state index in [1.165, 1.54) is 14.2 Å². The molecule has 0 aromatic heterocycles. The number of allylic oxidation sites excluding steroid dienone is 1. The van der Waals surface area contributed by atoms with Gasteiger partial charge < -0.3 is 14.2 Å². The largest absolute Gasteiger partial charge is 0.466 e. The quantitative estimate of drug-likeness (QED) is 0.674. The van der Waals surface area contributed by atoms with Gasteiger partial charge in [0, 0.05) is 23.7 Å².